The maximum absolute atomic E-state index is 12.7. The minimum Gasteiger partial charge on any atom is -0.508 e. The van der Waals surface area contributed by atoms with Crippen LogP contribution in [-0.2, 0) is 15.9 Å². The van der Waals surface area contributed by atoms with Crippen molar-refractivity contribution in [3.63, 3.8) is 0 Å². The van der Waals surface area contributed by atoms with E-state index < -0.39 is 41.2 Å². The lowest BCUT2D eigenvalue weighted by Gasteiger charge is -2.34. The number of morpholine rings is 1. The van der Waals surface area contributed by atoms with Gasteiger partial charge in [-0.05, 0) is 61.4 Å². The van der Waals surface area contributed by atoms with Crippen molar-refractivity contribution in [2.24, 2.45) is 0 Å². The summed E-state index contributed by atoms with van der Waals surface area (Å²) in [5.41, 5.74) is 0.324. The predicted molar refractivity (Wildman–Crippen MR) is 199 cm³/mol. The molecule has 4 aromatic rings. The molecule has 0 saturated carbocycles. The van der Waals surface area contributed by atoms with Gasteiger partial charge in [0.1, 0.15) is 34.9 Å². The Morgan fingerprint density at radius 3 is 2.00 bits per heavy atom. The second-order valence-electron chi connectivity index (χ2n) is 12.6. The highest BCUT2D eigenvalue weighted by Crippen LogP contribution is 2.44. The first kappa shape index (κ1) is 41.3. The third-order valence-electron chi connectivity index (χ3n) is 8.64. The largest absolute Gasteiger partial charge is 0.508 e. The highest BCUT2D eigenvalue weighted by atomic mass is 35.5. The number of rotatable bonds is 12. The number of ether oxygens (including phenoxy) is 5. The summed E-state index contributed by atoms with van der Waals surface area (Å²) >= 11 is 0. The average molecular weight is 772 g/mol. The van der Waals surface area contributed by atoms with Crippen LogP contribution in [0.1, 0.15) is 53.8 Å². The van der Waals surface area contributed by atoms with Crippen molar-refractivity contribution in [1.29, 1.82) is 0 Å². The molecule has 7 N–H and O–H groups in total. The molecule has 1 fully saturated rings. The van der Waals surface area contributed by atoms with Gasteiger partial charge >= 0.3 is 5.97 Å². The molecule has 0 amide bonds. The number of carbonyl (C=O) groups is 1. The number of phenols is 7. The first-order chi connectivity index (χ1) is 25.5. The van der Waals surface area contributed by atoms with Crippen LogP contribution in [0.5, 0.6) is 57.5 Å². The molecule has 2 atom stereocenters. The van der Waals surface area contributed by atoms with Crippen molar-refractivity contribution in [2.75, 3.05) is 46.1 Å². The van der Waals surface area contributed by atoms with Gasteiger partial charge in [-0.3, -0.25) is 4.90 Å². The van der Waals surface area contributed by atoms with Crippen molar-refractivity contribution in [2.45, 2.75) is 44.8 Å². The Balaban J connectivity index is 0.000000257. The first-order valence-corrected chi connectivity index (χ1v) is 17.4. The van der Waals surface area contributed by atoms with Crippen LogP contribution in [0.3, 0.4) is 0 Å². The number of phenolic OH excluding ortho intramolecular Hbond substituents is 7. The van der Waals surface area contributed by atoms with E-state index in [1.807, 2.05) is 24.3 Å². The van der Waals surface area contributed by atoms with Crippen molar-refractivity contribution >= 4 is 18.4 Å². The quantitative estimate of drug-likeness (QED) is 0.0507. The highest BCUT2D eigenvalue weighted by molar-refractivity contribution is 5.91. The summed E-state index contributed by atoms with van der Waals surface area (Å²) in [6, 6.07) is 16.0. The fourth-order valence-corrected chi connectivity index (χ4v) is 5.75. The summed E-state index contributed by atoms with van der Waals surface area (Å²) < 4.78 is 28.1. The molecule has 54 heavy (non-hydrogen) atoms. The summed E-state index contributed by atoms with van der Waals surface area (Å²) in [6.45, 7) is 8.61. The van der Waals surface area contributed by atoms with Crippen molar-refractivity contribution < 1.29 is 64.2 Å². The van der Waals surface area contributed by atoms with Gasteiger partial charge < -0.3 is 59.4 Å². The lowest BCUT2D eigenvalue weighted by Crippen LogP contribution is -2.37. The van der Waals surface area contributed by atoms with Gasteiger partial charge in [-0.1, -0.05) is 19.4 Å². The molecule has 0 aliphatic carbocycles. The van der Waals surface area contributed by atoms with E-state index in [0.29, 0.717) is 5.56 Å². The second-order valence-corrected chi connectivity index (χ2v) is 12.6. The summed E-state index contributed by atoms with van der Waals surface area (Å²) in [5.74, 6) is -2.59. The van der Waals surface area contributed by atoms with Crippen LogP contribution >= 0.6 is 12.4 Å². The number of esters is 1. The van der Waals surface area contributed by atoms with Crippen molar-refractivity contribution in [1.82, 2.24) is 4.90 Å². The molecular formula is C39H46ClNO13. The average Bonchev–Trinajstić information content (AvgIpc) is 3.14. The number of unbranched alkanes of at least 4 members (excludes halogenated alkanes) is 1. The van der Waals surface area contributed by atoms with Gasteiger partial charge in [0, 0.05) is 49.3 Å². The smallest absolute Gasteiger partial charge is 0.338 e. The highest BCUT2D eigenvalue weighted by Gasteiger charge is 2.37. The third-order valence-corrected chi connectivity index (χ3v) is 8.64. The van der Waals surface area contributed by atoms with Gasteiger partial charge in [0.25, 0.3) is 0 Å². The van der Waals surface area contributed by atoms with Gasteiger partial charge in [0.05, 0.1) is 32.0 Å². The van der Waals surface area contributed by atoms with Gasteiger partial charge in [0.15, 0.2) is 34.9 Å². The molecule has 14 nitrogen and oxygen atoms in total. The number of aromatic hydroxyl groups is 7. The lowest BCUT2D eigenvalue weighted by atomic mass is 9.93. The van der Waals surface area contributed by atoms with Crippen LogP contribution in [0.2, 0.25) is 0 Å². The van der Waals surface area contributed by atoms with E-state index >= 15 is 0 Å². The molecule has 2 unspecified atom stereocenters. The van der Waals surface area contributed by atoms with Gasteiger partial charge in [-0.25, -0.2) is 4.79 Å². The van der Waals surface area contributed by atoms with Crippen LogP contribution in [0.15, 0.2) is 66.7 Å². The van der Waals surface area contributed by atoms with Crippen LogP contribution in [0, 0.1) is 0 Å². The molecule has 292 valence electrons. The fraction of sp³-hybridized carbons (Fsp3) is 0.359. The van der Waals surface area contributed by atoms with Gasteiger partial charge in [0.2, 0.25) is 0 Å². The van der Waals surface area contributed by atoms with E-state index in [4.69, 9.17) is 23.7 Å². The Hall–Kier alpha value is -5.44. The minimum atomic E-state index is -1.06. The molecule has 0 aromatic heterocycles. The number of halogens is 1. The molecular weight excluding hydrogens is 726 g/mol. The maximum Gasteiger partial charge on any atom is 0.338 e. The fourth-order valence-electron chi connectivity index (χ4n) is 5.75. The van der Waals surface area contributed by atoms with Crippen LogP contribution in [0.4, 0.5) is 0 Å². The monoisotopic (exact) mass is 771 g/mol. The normalized spacial score (nSPS) is 16.4. The van der Waals surface area contributed by atoms with E-state index in [9.17, 15) is 40.5 Å². The molecule has 4 aromatic carbocycles. The van der Waals surface area contributed by atoms with Crippen molar-refractivity contribution in [3.8, 4) is 57.5 Å². The Morgan fingerprint density at radius 1 is 0.759 bits per heavy atom. The van der Waals surface area contributed by atoms with Gasteiger partial charge in [-0.2, -0.15) is 0 Å². The third kappa shape index (κ3) is 11.0. The number of nitrogens with zero attached hydrogens (tertiary/aromatic N) is 1. The van der Waals surface area contributed by atoms with Crippen LogP contribution < -0.4 is 14.2 Å². The topological polar surface area (TPSA) is 208 Å². The van der Waals surface area contributed by atoms with Crippen LogP contribution in [0.25, 0.3) is 0 Å². The zero-order valence-electron chi connectivity index (χ0n) is 29.7. The van der Waals surface area contributed by atoms with Crippen LogP contribution in [-0.4, -0.2) is 98.8 Å². The number of benzene rings is 4. The molecule has 2 aliphatic heterocycles. The summed E-state index contributed by atoms with van der Waals surface area (Å²) in [5, 5.41) is 68.2. The predicted octanol–water partition coefficient (Wildman–Crippen LogP) is 5.92. The molecule has 2 heterocycles. The van der Waals surface area contributed by atoms with E-state index in [1.54, 1.807) is 0 Å². The number of hydrogen-bond donors (Lipinski definition) is 7. The molecule has 0 spiro atoms. The summed E-state index contributed by atoms with van der Waals surface area (Å²) in [6.07, 6.45) is 1.18. The van der Waals surface area contributed by atoms with E-state index in [0.717, 1.165) is 95.0 Å². The molecule has 15 heteroatoms. The Kier molecular flexibility index (Phi) is 15.0. The van der Waals surface area contributed by atoms with E-state index in [1.165, 1.54) is 24.3 Å². The number of fused-ring (bicyclic) bond motifs is 1. The molecule has 0 bridgehead atoms. The number of carbonyl (C=O) groups excluding carboxylic acids is 1. The number of hydrogen-bond acceptors (Lipinski definition) is 14. The Bertz CT molecular complexity index is 1810. The first-order valence-electron chi connectivity index (χ1n) is 17.4. The maximum atomic E-state index is 12.7. The zero-order chi connectivity index (χ0) is 37.9. The molecule has 2 aliphatic rings. The zero-order valence-corrected chi connectivity index (χ0v) is 30.5. The van der Waals surface area contributed by atoms with Crippen molar-refractivity contribution in [3.05, 3.63) is 83.4 Å². The molecule has 6 rings (SSSR count). The van der Waals surface area contributed by atoms with E-state index in [2.05, 4.69) is 11.8 Å². The summed E-state index contributed by atoms with van der Waals surface area (Å²) in [7, 11) is 0. The standard InChI is InChI=1S/C22H18O10.C17H27NO3.ClH/c23-11-6-14(25)12-8-19(32-22(30)10-4-16(27)20(29)17(28)5-10)21(31-18(12)7-11)9-1-2-13(24)15(26)3-9;1-2-3-12-20-16-5-7-17(8-6-16)21-13-4-9-18-10-14-19-15-11-18;/h1-7,19,21,23-29H,8H2;5-8H,2-4,9-15H2,1H3;1H. The Labute approximate surface area is 318 Å². The molecule has 0 radical (unpaired) electrons. The van der Waals surface area contributed by atoms with E-state index in [-0.39, 0.29) is 53.0 Å². The lowest BCUT2D eigenvalue weighted by molar-refractivity contribution is -0.0189. The second kappa shape index (κ2) is 19.6. The Morgan fingerprint density at radius 2 is 1.39 bits per heavy atom. The minimum absolute atomic E-state index is 0. The van der Waals surface area contributed by atoms with Gasteiger partial charge in [-0.15, -0.1) is 12.4 Å². The molecule has 1 saturated heterocycles. The SMILES string of the molecule is CCCCOc1ccc(OCCCN2CCOCC2)cc1.Cl.O=C(OC1Cc2c(O)cc(O)cc2OC1c1ccc(O)c(O)c1)c1cc(O)c(O)c(O)c1. The summed E-state index contributed by atoms with van der Waals surface area (Å²) in [4.78, 5) is 15.1.